The van der Waals surface area contributed by atoms with Gasteiger partial charge in [0.2, 0.25) is 0 Å². The number of pyridine rings is 1. The lowest BCUT2D eigenvalue weighted by atomic mass is 10.1. The number of carbonyl (C=O) groups is 1. The molecule has 5 rings (SSSR count). The first-order valence-electron chi connectivity index (χ1n) is 12.5. The van der Waals surface area contributed by atoms with Gasteiger partial charge in [0.05, 0.1) is 31.5 Å². The number of benzene rings is 2. The van der Waals surface area contributed by atoms with Gasteiger partial charge in [-0.15, -0.1) is 0 Å². The number of nitrogens with zero attached hydrogens (tertiary/aromatic N) is 5. The zero-order valence-electron chi connectivity index (χ0n) is 22.2. The van der Waals surface area contributed by atoms with Crippen LogP contribution in [0.2, 0.25) is 0 Å². The Hall–Kier alpha value is -4.99. The van der Waals surface area contributed by atoms with E-state index in [1.54, 1.807) is 43.4 Å². The third-order valence-corrected chi connectivity index (χ3v) is 6.47. The van der Waals surface area contributed by atoms with Crippen molar-refractivity contribution in [3.8, 4) is 5.75 Å². The van der Waals surface area contributed by atoms with Crippen LogP contribution in [0.25, 0.3) is 11.3 Å². The van der Waals surface area contributed by atoms with Crippen LogP contribution in [0.3, 0.4) is 0 Å². The quantitative estimate of drug-likeness (QED) is 0.311. The number of imidazole rings is 1. The summed E-state index contributed by atoms with van der Waals surface area (Å²) in [5.74, 6) is 1.07. The summed E-state index contributed by atoms with van der Waals surface area (Å²) >= 11 is 0. The van der Waals surface area contributed by atoms with Gasteiger partial charge >= 0.3 is 5.69 Å². The Balaban J connectivity index is 1.33. The molecule has 5 aromatic rings. The molecule has 3 aromatic heterocycles. The molecule has 39 heavy (non-hydrogen) atoms. The SMILES string of the molecule is COc1ccc(Cn2c(=O)n(C)c3nc(N[C@@H](C)c4cccc(NC(=O)c5cncc(C)c5)c4)cnc32)cc1. The number of ether oxygens (including phenoxy) is 1. The van der Waals surface area contributed by atoms with Gasteiger partial charge in [-0.3, -0.25) is 18.9 Å². The van der Waals surface area contributed by atoms with Crippen molar-refractivity contribution in [3.05, 3.63) is 106 Å². The van der Waals surface area contributed by atoms with E-state index >= 15 is 0 Å². The minimum absolute atomic E-state index is 0.146. The summed E-state index contributed by atoms with van der Waals surface area (Å²) in [7, 11) is 3.30. The van der Waals surface area contributed by atoms with Gasteiger partial charge in [0.15, 0.2) is 11.3 Å². The number of aromatic nitrogens is 5. The number of hydrogen-bond acceptors (Lipinski definition) is 7. The van der Waals surface area contributed by atoms with E-state index in [0.717, 1.165) is 22.4 Å². The lowest BCUT2D eigenvalue weighted by Crippen LogP contribution is -2.22. The summed E-state index contributed by atoms with van der Waals surface area (Å²) in [4.78, 5) is 39.0. The average Bonchev–Trinajstić information content (AvgIpc) is 3.18. The van der Waals surface area contributed by atoms with Crippen molar-refractivity contribution < 1.29 is 9.53 Å². The third kappa shape index (κ3) is 5.49. The second-order valence-corrected chi connectivity index (χ2v) is 9.37. The minimum Gasteiger partial charge on any atom is -0.497 e. The van der Waals surface area contributed by atoms with Crippen LogP contribution in [0.15, 0.2) is 78.0 Å². The van der Waals surface area contributed by atoms with Crippen LogP contribution in [-0.4, -0.2) is 37.1 Å². The zero-order chi connectivity index (χ0) is 27.5. The molecule has 3 heterocycles. The van der Waals surface area contributed by atoms with Gasteiger partial charge in [-0.25, -0.2) is 14.8 Å². The number of amides is 1. The van der Waals surface area contributed by atoms with Gasteiger partial charge < -0.3 is 15.4 Å². The van der Waals surface area contributed by atoms with Crippen molar-refractivity contribution >= 4 is 28.7 Å². The van der Waals surface area contributed by atoms with E-state index in [-0.39, 0.29) is 17.6 Å². The lowest BCUT2D eigenvalue weighted by Gasteiger charge is -2.16. The number of aryl methyl sites for hydroxylation is 2. The molecule has 0 saturated carbocycles. The zero-order valence-corrected chi connectivity index (χ0v) is 22.2. The third-order valence-electron chi connectivity index (χ3n) is 6.47. The van der Waals surface area contributed by atoms with Gasteiger partial charge in [-0.2, -0.15) is 0 Å². The van der Waals surface area contributed by atoms with Gasteiger partial charge in [0.25, 0.3) is 5.91 Å². The number of hydrogen-bond donors (Lipinski definition) is 2. The van der Waals surface area contributed by atoms with Crippen molar-refractivity contribution in [2.75, 3.05) is 17.7 Å². The molecule has 0 fully saturated rings. The molecular formula is C29H29N7O3. The monoisotopic (exact) mass is 523 g/mol. The Bertz CT molecular complexity index is 1710. The molecule has 0 aliphatic carbocycles. The van der Waals surface area contributed by atoms with E-state index < -0.39 is 0 Å². The van der Waals surface area contributed by atoms with E-state index in [1.165, 1.54) is 4.57 Å². The molecule has 0 aliphatic rings. The maximum Gasteiger partial charge on any atom is 0.331 e. The number of anilines is 2. The molecular weight excluding hydrogens is 494 g/mol. The molecule has 10 heteroatoms. The number of methoxy groups -OCH3 is 1. The Morgan fingerprint density at radius 1 is 1.05 bits per heavy atom. The van der Waals surface area contributed by atoms with Crippen LogP contribution in [-0.2, 0) is 13.6 Å². The Kier molecular flexibility index (Phi) is 7.09. The van der Waals surface area contributed by atoms with E-state index in [4.69, 9.17) is 4.74 Å². The van der Waals surface area contributed by atoms with Crippen LogP contribution in [0, 0.1) is 6.92 Å². The summed E-state index contributed by atoms with van der Waals surface area (Å²) in [5, 5.41) is 6.28. The fourth-order valence-electron chi connectivity index (χ4n) is 4.35. The van der Waals surface area contributed by atoms with E-state index in [9.17, 15) is 9.59 Å². The fourth-order valence-corrected chi connectivity index (χ4v) is 4.35. The Labute approximate surface area is 225 Å². The Morgan fingerprint density at radius 3 is 2.59 bits per heavy atom. The largest absolute Gasteiger partial charge is 0.497 e. The van der Waals surface area contributed by atoms with Crippen LogP contribution in [0.4, 0.5) is 11.5 Å². The van der Waals surface area contributed by atoms with Gasteiger partial charge in [-0.05, 0) is 60.9 Å². The second kappa shape index (κ2) is 10.8. The smallest absolute Gasteiger partial charge is 0.331 e. The van der Waals surface area contributed by atoms with Crippen molar-refractivity contribution in [2.24, 2.45) is 7.05 Å². The van der Waals surface area contributed by atoms with Crippen molar-refractivity contribution in [2.45, 2.75) is 26.4 Å². The number of carbonyl (C=O) groups excluding carboxylic acids is 1. The first kappa shape index (κ1) is 25.7. The fraction of sp³-hybridized carbons (Fsp3) is 0.207. The second-order valence-electron chi connectivity index (χ2n) is 9.37. The van der Waals surface area contributed by atoms with Crippen molar-refractivity contribution in [1.82, 2.24) is 24.1 Å². The highest BCUT2D eigenvalue weighted by molar-refractivity contribution is 6.04. The lowest BCUT2D eigenvalue weighted by molar-refractivity contribution is 0.102. The standard InChI is InChI=1S/C29H29N7O3/c1-18-12-22(15-30-14-18)28(37)33-23-7-5-6-21(13-23)19(2)32-25-16-31-26-27(34-25)35(3)29(38)36(26)17-20-8-10-24(39-4)11-9-20/h5-16,19H,17H2,1-4H3,(H,32,34)(H,33,37)/t19-/m0/s1. The molecule has 10 nitrogen and oxygen atoms in total. The molecule has 0 aliphatic heterocycles. The highest BCUT2D eigenvalue weighted by Gasteiger charge is 2.16. The molecule has 198 valence electrons. The summed E-state index contributed by atoms with van der Waals surface area (Å²) in [6.45, 7) is 4.26. The summed E-state index contributed by atoms with van der Waals surface area (Å²) < 4.78 is 8.32. The predicted molar refractivity (Wildman–Crippen MR) is 150 cm³/mol. The van der Waals surface area contributed by atoms with Crippen molar-refractivity contribution in [1.29, 1.82) is 0 Å². The topological polar surface area (TPSA) is 116 Å². The number of rotatable bonds is 8. The molecule has 0 spiro atoms. The minimum atomic E-state index is -0.222. The van der Waals surface area contributed by atoms with Crippen LogP contribution in [0.1, 0.15) is 40.0 Å². The van der Waals surface area contributed by atoms with Gasteiger partial charge in [0.1, 0.15) is 11.6 Å². The van der Waals surface area contributed by atoms with Crippen LogP contribution < -0.4 is 21.1 Å². The number of nitrogens with one attached hydrogen (secondary N) is 2. The van der Waals surface area contributed by atoms with E-state index in [0.29, 0.717) is 34.9 Å². The van der Waals surface area contributed by atoms with E-state index in [2.05, 4.69) is 25.6 Å². The molecule has 0 radical (unpaired) electrons. The predicted octanol–water partition coefficient (Wildman–Crippen LogP) is 4.32. The van der Waals surface area contributed by atoms with E-state index in [1.807, 2.05) is 62.4 Å². The molecule has 1 atom stereocenters. The average molecular weight is 524 g/mol. The maximum absolute atomic E-state index is 13.0. The molecule has 0 saturated heterocycles. The molecule has 0 bridgehead atoms. The molecule has 2 aromatic carbocycles. The molecule has 0 unspecified atom stereocenters. The van der Waals surface area contributed by atoms with Gasteiger partial charge in [0, 0.05) is 25.1 Å². The van der Waals surface area contributed by atoms with Gasteiger partial charge in [-0.1, -0.05) is 24.3 Å². The summed E-state index contributed by atoms with van der Waals surface area (Å²) in [6, 6.07) is 16.8. The maximum atomic E-state index is 13.0. The summed E-state index contributed by atoms with van der Waals surface area (Å²) in [6.07, 6.45) is 4.88. The highest BCUT2D eigenvalue weighted by Crippen LogP contribution is 2.22. The van der Waals surface area contributed by atoms with Crippen LogP contribution >= 0.6 is 0 Å². The summed E-state index contributed by atoms with van der Waals surface area (Å²) in [5.41, 5.74) is 4.79. The Morgan fingerprint density at radius 2 is 1.85 bits per heavy atom. The van der Waals surface area contributed by atoms with Crippen LogP contribution in [0.5, 0.6) is 5.75 Å². The normalized spacial score (nSPS) is 11.8. The highest BCUT2D eigenvalue weighted by atomic mass is 16.5. The molecule has 2 N–H and O–H groups in total. The first-order valence-corrected chi connectivity index (χ1v) is 12.5. The number of fused-ring (bicyclic) bond motifs is 1. The molecule has 1 amide bonds. The van der Waals surface area contributed by atoms with Crippen molar-refractivity contribution in [3.63, 3.8) is 0 Å². The first-order chi connectivity index (χ1) is 18.8.